The third-order valence-corrected chi connectivity index (χ3v) is 6.92. The lowest BCUT2D eigenvalue weighted by Gasteiger charge is -2.32. The standard InChI is InChI=1S/C20H21BFN3O2S2/c1-19(2)20(3,4)27-21(26-19)17-7-5-6-14-12-15(8-9-16(14)17)28-25(29-22)18-10-11-23-13-24-18/h5-13H,1-4H3. The summed E-state index contributed by atoms with van der Waals surface area (Å²) in [6, 6.07) is 13.7. The molecule has 0 atom stereocenters. The van der Waals surface area contributed by atoms with Crippen molar-refractivity contribution in [3.05, 3.63) is 55.0 Å². The first-order valence-electron chi connectivity index (χ1n) is 9.22. The predicted molar refractivity (Wildman–Crippen MR) is 119 cm³/mol. The van der Waals surface area contributed by atoms with Gasteiger partial charge in [0, 0.05) is 29.1 Å². The van der Waals surface area contributed by atoms with Crippen LogP contribution in [0.3, 0.4) is 0 Å². The number of halogens is 1. The second kappa shape index (κ2) is 7.79. The maximum Gasteiger partial charge on any atom is 0.495 e. The van der Waals surface area contributed by atoms with Crippen LogP contribution >= 0.6 is 24.3 Å². The molecule has 4 rings (SSSR count). The first-order valence-corrected chi connectivity index (χ1v) is 10.7. The van der Waals surface area contributed by atoms with Gasteiger partial charge in [-0.2, -0.15) is 0 Å². The fourth-order valence-electron chi connectivity index (χ4n) is 3.10. The summed E-state index contributed by atoms with van der Waals surface area (Å²) in [5.74, 6) is 0.489. The number of rotatable bonds is 5. The van der Waals surface area contributed by atoms with Crippen molar-refractivity contribution in [3.8, 4) is 0 Å². The predicted octanol–water partition coefficient (Wildman–Crippen LogP) is 4.98. The number of hydrogen-bond donors (Lipinski definition) is 0. The van der Waals surface area contributed by atoms with E-state index in [1.54, 1.807) is 12.3 Å². The molecule has 29 heavy (non-hydrogen) atoms. The van der Waals surface area contributed by atoms with Crippen molar-refractivity contribution in [2.45, 2.75) is 43.8 Å². The highest BCUT2D eigenvalue weighted by Crippen LogP contribution is 2.38. The zero-order valence-electron chi connectivity index (χ0n) is 16.6. The third kappa shape index (κ3) is 3.96. The van der Waals surface area contributed by atoms with Gasteiger partial charge in [-0.25, -0.2) is 13.7 Å². The van der Waals surface area contributed by atoms with E-state index in [4.69, 9.17) is 9.31 Å². The van der Waals surface area contributed by atoms with Crippen molar-refractivity contribution < 1.29 is 13.2 Å². The van der Waals surface area contributed by atoms with Gasteiger partial charge in [0.2, 0.25) is 0 Å². The SMILES string of the molecule is CC1(C)OB(c2cccc3cc(SN(SF)c4ccncn4)ccc23)OC1(C)C. The van der Waals surface area contributed by atoms with Crippen molar-refractivity contribution in [3.63, 3.8) is 0 Å². The molecule has 0 spiro atoms. The van der Waals surface area contributed by atoms with Crippen LogP contribution in [0.1, 0.15) is 27.7 Å². The van der Waals surface area contributed by atoms with Crippen LogP contribution in [-0.4, -0.2) is 28.3 Å². The summed E-state index contributed by atoms with van der Waals surface area (Å²) in [6.45, 7) is 8.18. The Morgan fingerprint density at radius 3 is 2.45 bits per heavy atom. The van der Waals surface area contributed by atoms with E-state index >= 15 is 0 Å². The molecule has 9 heteroatoms. The number of benzene rings is 2. The number of nitrogens with zero attached hydrogens (tertiary/aromatic N) is 3. The molecule has 0 saturated carbocycles. The normalized spacial score (nSPS) is 17.6. The average Bonchev–Trinajstić information content (AvgIpc) is 2.93. The topological polar surface area (TPSA) is 47.5 Å². The zero-order chi connectivity index (χ0) is 20.6. The molecule has 0 amide bonds. The second-order valence-electron chi connectivity index (χ2n) is 7.80. The molecule has 3 aromatic rings. The number of fused-ring (bicyclic) bond motifs is 1. The molecule has 1 aliphatic heterocycles. The minimum atomic E-state index is -0.430. The minimum absolute atomic E-state index is 0.112. The fraction of sp³-hybridized carbons (Fsp3) is 0.300. The summed E-state index contributed by atoms with van der Waals surface area (Å²) < 4.78 is 27.3. The van der Waals surface area contributed by atoms with Crippen LogP contribution in [0.2, 0.25) is 0 Å². The molecule has 1 aliphatic rings. The van der Waals surface area contributed by atoms with Crippen LogP contribution in [0.15, 0.2) is 59.9 Å². The van der Waals surface area contributed by atoms with Gasteiger partial charge < -0.3 is 9.31 Å². The number of aromatic nitrogens is 2. The molecule has 0 radical (unpaired) electrons. The monoisotopic (exact) mass is 429 g/mol. The van der Waals surface area contributed by atoms with Crippen molar-refractivity contribution in [2.24, 2.45) is 0 Å². The van der Waals surface area contributed by atoms with Crippen LogP contribution < -0.4 is 9.17 Å². The van der Waals surface area contributed by atoms with Gasteiger partial charge in [0.15, 0.2) is 18.2 Å². The van der Waals surface area contributed by atoms with Crippen molar-refractivity contribution in [1.29, 1.82) is 0 Å². The van der Waals surface area contributed by atoms with Crippen molar-refractivity contribution in [2.75, 3.05) is 3.71 Å². The quantitative estimate of drug-likeness (QED) is 0.419. The van der Waals surface area contributed by atoms with Crippen LogP contribution in [0.5, 0.6) is 0 Å². The summed E-state index contributed by atoms with van der Waals surface area (Å²) in [5.41, 5.74) is 0.197. The Labute approximate surface area is 179 Å². The summed E-state index contributed by atoms with van der Waals surface area (Å²) in [5, 5.41) is 2.09. The Kier molecular flexibility index (Phi) is 5.50. The van der Waals surface area contributed by atoms with Crippen molar-refractivity contribution in [1.82, 2.24) is 9.97 Å². The van der Waals surface area contributed by atoms with E-state index in [0.29, 0.717) is 5.82 Å². The largest absolute Gasteiger partial charge is 0.495 e. The number of hydrogen-bond acceptors (Lipinski definition) is 7. The average molecular weight is 429 g/mol. The second-order valence-corrected chi connectivity index (χ2v) is 9.56. The molecule has 0 unspecified atom stereocenters. The Morgan fingerprint density at radius 2 is 1.79 bits per heavy atom. The highest BCUT2D eigenvalue weighted by Gasteiger charge is 2.52. The van der Waals surface area contributed by atoms with E-state index in [9.17, 15) is 3.89 Å². The Bertz CT molecular complexity index is 1010. The van der Waals surface area contributed by atoms with Gasteiger partial charge in [0.25, 0.3) is 0 Å². The first kappa shape index (κ1) is 20.5. The Hall–Kier alpha value is -1.81. The van der Waals surface area contributed by atoms with E-state index in [0.717, 1.165) is 21.1 Å². The van der Waals surface area contributed by atoms with Crippen LogP contribution in [-0.2, 0) is 9.31 Å². The lowest BCUT2D eigenvalue weighted by atomic mass is 9.76. The van der Waals surface area contributed by atoms with Crippen molar-refractivity contribution >= 4 is 53.5 Å². The molecule has 150 valence electrons. The van der Waals surface area contributed by atoms with E-state index in [1.807, 2.05) is 64.1 Å². The van der Waals surface area contributed by atoms with Gasteiger partial charge in [-0.3, -0.25) is 0 Å². The van der Waals surface area contributed by atoms with Gasteiger partial charge in [0.05, 0.1) is 11.2 Å². The molecule has 0 aliphatic carbocycles. The van der Waals surface area contributed by atoms with Gasteiger partial charge in [0.1, 0.15) is 6.33 Å². The molecule has 0 N–H and O–H groups in total. The van der Waals surface area contributed by atoms with Gasteiger partial charge in [-0.15, -0.1) is 3.89 Å². The van der Waals surface area contributed by atoms with Crippen LogP contribution in [0.4, 0.5) is 9.70 Å². The lowest BCUT2D eigenvalue weighted by Crippen LogP contribution is -2.41. The molecule has 5 nitrogen and oxygen atoms in total. The van der Waals surface area contributed by atoms with E-state index < -0.39 is 18.3 Å². The third-order valence-electron chi connectivity index (χ3n) is 5.40. The molecule has 1 aromatic heterocycles. The zero-order valence-corrected chi connectivity index (χ0v) is 18.3. The Balaban J connectivity index is 1.63. The van der Waals surface area contributed by atoms with Gasteiger partial charge in [-0.05, 0) is 56.1 Å². The summed E-state index contributed by atoms with van der Waals surface area (Å²) in [4.78, 5) is 8.87. The van der Waals surface area contributed by atoms with Crippen LogP contribution in [0.25, 0.3) is 10.8 Å². The van der Waals surface area contributed by atoms with Gasteiger partial charge >= 0.3 is 7.12 Å². The van der Waals surface area contributed by atoms with E-state index in [-0.39, 0.29) is 12.3 Å². The molecule has 1 fully saturated rings. The fourth-order valence-corrected chi connectivity index (χ4v) is 4.35. The van der Waals surface area contributed by atoms with E-state index in [1.165, 1.54) is 22.0 Å². The maximum absolute atomic E-state index is 13.5. The maximum atomic E-state index is 13.5. The lowest BCUT2D eigenvalue weighted by molar-refractivity contribution is 0.00578. The van der Waals surface area contributed by atoms with E-state index in [2.05, 4.69) is 9.97 Å². The molecular weight excluding hydrogens is 408 g/mol. The smallest absolute Gasteiger partial charge is 0.399 e. The molecule has 2 aromatic carbocycles. The highest BCUT2D eigenvalue weighted by atomic mass is 32.2. The molecule has 1 saturated heterocycles. The highest BCUT2D eigenvalue weighted by molar-refractivity contribution is 8.16. The van der Waals surface area contributed by atoms with Gasteiger partial charge in [-0.1, -0.05) is 24.3 Å². The molecule has 2 heterocycles. The first-order chi connectivity index (χ1) is 13.8. The number of anilines is 1. The summed E-state index contributed by atoms with van der Waals surface area (Å²) >= 11 is 1.38. The Morgan fingerprint density at radius 1 is 1.03 bits per heavy atom. The summed E-state index contributed by atoms with van der Waals surface area (Å²) in [6.07, 6.45) is 2.99. The summed E-state index contributed by atoms with van der Waals surface area (Å²) in [7, 11) is -0.430. The minimum Gasteiger partial charge on any atom is -0.399 e. The van der Waals surface area contributed by atoms with Crippen LogP contribution in [0, 0.1) is 0 Å². The molecule has 0 bridgehead atoms. The molecular formula is C20H21BFN3O2S2.